The van der Waals surface area contributed by atoms with E-state index in [0.29, 0.717) is 13.2 Å². The molecule has 1 heterocycles. The van der Waals surface area contributed by atoms with Crippen molar-refractivity contribution in [1.29, 1.82) is 0 Å². The van der Waals surface area contributed by atoms with Crippen LogP contribution in [0.4, 0.5) is 0 Å². The van der Waals surface area contributed by atoms with Gasteiger partial charge in [-0.2, -0.15) is 5.10 Å². The summed E-state index contributed by atoms with van der Waals surface area (Å²) in [6.07, 6.45) is 0. The fourth-order valence-corrected chi connectivity index (χ4v) is 2.13. The maximum atomic E-state index is 5.41. The Hall–Kier alpha value is -1.92. The zero-order valence-corrected chi connectivity index (χ0v) is 13.0. The van der Waals surface area contributed by atoms with Gasteiger partial charge < -0.3 is 9.47 Å². The zero-order chi connectivity index (χ0) is 15.2. The van der Waals surface area contributed by atoms with E-state index in [-0.39, 0.29) is 0 Å². The fraction of sp³-hybridized carbons (Fsp3) is 0.467. The molecule has 0 bridgehead atoms. The highest BCUT2D eigenvalue weighted by atomic mass is 16.5. The summed E-state index contributed by atoms with van der Waals surface area (Å²) in [4.78, 5) is 6.68. The molecule has 0 saturated heterocycles. The molecule has 0 aliphatic rings. The Morgan fingerprint density at radius 1 is 1.24 bits per heavy atom. The lowest BCUT2D eigenvalue weighted by Gasteiger charge is -2.16. The second-order valence-corrected chi connectivity index (χ2v) is 4.89. The Bertz CT molecular complexity index is 583. The molecule has 2 aromatic rings. The summed E-state index contributed by atoms with van der Waals surface area (Å²) in [6, 6.07) is 7.81. The number of aryl methyl sites for hydroxylation is 1. The monoisotopic (exact) mass is 290 g/mol. The van der Waals surface area contributed by atoms with Crippen LogP contribution >= 0.6 is 0 Å². The highest BCUT2D eigenvalue weighted by Crippen LogP contribution is 2.22. The maximum absolute atomic E-state index is 5.41. The minimum absolute atomic E-state index is 0.693. The first-order valence-electron chi connectivity index (χ1n) is 6.89. The Kier molecular flexibility index (Phi) is 5.30. The van der Waals surface area contributed by atoms with Crippen molar-refractivity contribution in [3.8, 4) is 11.4 Å². The summed E-state index contributed by atoms with van der Waals surface area (Å²) in [5, 5.41) is 4.49. The van der Waals surface area contributed by atoms with Gasteiger partial charge >= 0.3 is 0 Å². The van der Waals surface area contributed by atoms with E-state index in [2.05, 4.69) is 15.0 Å². The summed E-state index contributed by atoms with van der Waals surface area (Å²) in [5.74, 6) is 2.41. The number of benzene rings is 1. The third-order valence-corrected chi connectivity index (χ3v) is 3.18. The van der Waals surface area contributed by atoms with Crippen LogP contribution < -0.4 is 4.74 Å². The molecular weight excluding hydrogens is 268 g/mol. The average molecular weight is 290 g/mol. The number of nitrogens with zero attached hydrogens (tertiary/aromatic N) is 4. The van der Waals surface area contributed by atoms with E-state index in [9.17, 15) is 0 Å². The number of para-hydroxylation sites is 2. The zero-order valence-electron chi connectivity index (χ0n) is 13.0. The van der Waals surface area contributed by atoms with Crippen LogP contribution in [0.3, 0.4) is 0 Å². The topological polar surface area (TPSA) is 52.4 Å². The SMILES string of the molecule is COCCN(C)Cc1nc(C)nn1-c1ccccc1OC. The van der Waals surface area contributed by atoms with E-state index in [1.807, 2.05) is 42.9 Å². The summed E-state index contributed by atoms with van der Waals surface area (Å²) in [5.41, 5.74) is 0.899. The Morgan fingerprint density at radius 3 is 2.71 bits per heavy atom. The number of likely N-dealkylation sites (N-methyl/N-ethyl adjacent to an activating group) is 1. The molecule has 1 aromatic carbocycles. The van der Waals surface area contributed by atoms with Crippen molar-refractivity contribution in [2.45, 2.75) is 13.5 Å². The van der Waals surface area contributed by atoms with Gasteiger partial charge in [-0.05, 0) is 26.1 Å². The van der Waals surface area contributed by atoms with E-state index in [1.165, 1.54) is 0 Å². The highest BCUT2D eigenvalue weighted by molar-refractivity contribution is 5.46. The third kappa shape index (κ3) is 3.80. The smallest absolute Gasteiger partial charge is 0.148 e. The van der Waals surface area contributed by atoms with Crippen LogP contribution in [0.15, 0.2) is 24.3 Å². The third-order valence-electron chi connectivity index (χ3n) is 3.18. The standard InChI is InChI=1S/C15H22N4O2/c1-12-16-15(11-18(2)9-10-20-3)19(17-12)13-7-5-6-8-14(13)21-4/h5-8H,9-11H2,1-4H3. The second-order valence-electron chi connectivity index (χ2n) is 4.89. The number of hydrogen-bond donors (Lipinski definition) is 0. The number of ether oxygens (including phenoxy) is 2. The first-order chi connectivity index (χ1) is 10.2. The minimum Gasteiger partial charge on any atom is -0.494 e. The summed E-state index contributed by atoms with van der Waals surface area (Å²) in [6.45, 7) is 4.12. The molecule has 0 unspecified atom stereocenters. The lowest BCUT2D eigenvalue weighted by molar-refractivity contribution is 0.157. The number of aromatic nitrogens is 3. The molecule has 6 heteroatoms. The van der Waals surface area contributed by atoms with Crippen molar-refractivity contribution in [2.75, 3.05) is 34.4 Å². The van der Waals surface area contributed by atoms with Crippen LogP contribution in [0.2, 0.25) is 0 Å². The van der Waals surface area contributed by atoms with Crippen LogP contribution in [0.1, 0.15) is 11.6 Å². The number of hydrogen-bond acceptors (Lipinski definition) is 5. The molecule has 114 valence electrons. The predicted molar refractivity (Wildman–Crippen MR) is 80.9 cm³/mol. The summed E-state index contributed by atoms with van der Waals surface area (Å²) < 4.78 is 12.4. The Balaban J connectivity index is 2.28. The van der Waals surface area contributed by atoms with E-state index in [4.69, 9.17) is 9.47 Å². The molecule has 0 radical (unpaired) electrons. The Labute approximate surface area is 125 Å². The molecule has 21 heavy (non-hydrogen) atoms. The van der Waals surface area contributed by atoms with Gasteiger partial charge in [0.25, 0.3) is 0 Å². The highest BCUT2D eigenvalue weighted by Gasteiger charge is 2.14. The van der Waals surface area contributed by atoms with Crippen LogP contribution in [0, 0.1) is 6.92 Å². The predicted octanol–water partition coefficient (Wildman–Crippen LogP) is 1.66. The average Bonchev–Trinajstić information content (AvgIpc) is 2.85. The molecule has 0 spiro atoms. The van der Waals surface area contributed by atoms with E-state index in [1.54, 1.807) is 14.2 Å². The van der Waals surface area contributed by atoms with Crippen molar-refractivity contribution in [3.63, 3.8) is 0 Å². The van der Waals surface area contributed by atoms with E-state index in [0.717, 1.165) is 29.6 Å². The van der Waals surface area contributed by atoms with Gasteiger partial charge in [0.2, 0.25) is 0 Å². The molecule has 0 N–H and O–H groups in total. The minimum atomic E-state index is 0.693. The molecule has 2 rings (SSSR count). The van der Waals surface area contributed by atoms with E-state index < -0.39 is 0 Å². The molecule has 0 atom stereocenters. The van der Waals surface area contributed by atoms with Gasteiger partial charge in [0, 0.05) is 13.7 Å². The molecule has 0 saturated carbocycles. The first-order valence-corrected chi connectivity index (χ1v) is 6.89. The van der Waals surface area contributed by atoms with Gasteiger partial charge in [-0.3, -0.25) is 4.90 Å². The molecule has 0 fully saturated rings. The van der Waals surface area contributed by atoms with Crippen LogP contribution in [0.25, 0.3) is 5.69 Å². The largest absolute Gasteiger partial charge is 0.494 e. The summed E-state index contributed by atoms with van der Waals surface area (Å²) >= 11 is 0. The Morgan fingerprint density at radius 2 is 2.00 bits per heavy atom. The molecule has 0 aliphatic carbocycles. The van der Waals surface area contributed by atoms with Gasteiger partial charge in [0.15, 0.2) is 0 Å². The molecule has 6 nitrogen and oxygen atoms in total. The molecule has 0 amide bonds. The lowest BCUT2D eigenvalue weighted by Crippen LogP contribution is -2.24. The van der Waals surface area contributed by atoms with Crippen LogP contribution in [-0.4, -0.2) is 54.1 Å². The van der Waals surface area contributed by atoms with Gasteiger partial charge in [-0.15, -0.1) is 0 Å². The van der Waals surface area contributed by atoms with Crippen LogP contribution in [-0.2, 0) is 11.3 Å². The molecule has 0 aliphatic heterocycles. The number of methoxy groups -OCH3 is 2. The van der Waals surface area contributed by atoms with Gasteiger partial charge in [0.05, 0.1) is 20.3 Å². The quantitative estimate of drug-likeness (QED) is 0.776. The molecular formula is C15H22N4O2. The van der Waals surface area contributed by atoms with Crippen LogP contribution in [0.5, 0.6) is 5.75 Å². The fourth-order valence-electron chi connectivity index (χ4n) is 2.13. The maximum Gasteiger partial charge on any atom is 0.148 e. The van der Waals surface area contributed by atoms with Crippen molar-refractivity contribution < 1.29 is 9.47 Å². The lowest BCUT2D eigenvalue weighted by atomic mass is 10.3. The van der Waals surface area contributed by atoms with E-state index >= 15 is 0 Å². The van der Waals surface area contributed by atoms with Crippen molar-refractivity contribution in [1.82, 2.24) is 19.7 Å². The van der Waals surface area contributed by atoms with Gasteiger partial charge in [-0.25, -0.2) is 9.67 Å². The van der Waals surface area contributed by atoms with Crippen molar-refractivity contribution >= 4 is 0 Å². The molecule has 1 aromatic heterocycles. The van der Waals surface area contributed by atoms with Crippen molar-refractivity contribution in [2.24, 2.45) is 0 Å². The summed E-state index contributed by atoms with van der Waals surface area (Å²) in [7, 11) is 5.40. The normalized spacial score (nSPS) is 11.1. The van der Waals surface area contributed by atoms with Crippen molar-refractivity contribution in [3.05, 3.63) is 35.9 Å². The second kappa shape index (κ2) is 7.19. The van der Waals surface area contributed by atoms with Gasteiger partial charge in [-0.1, -0.05) is 12.1 Å². The van der Waals surface area contributed by atoms with Gasteiger partial charge in [0.1, 0.15) is 23.1 Å². The first kappa shape index (κ1) is 15.5. The number of rotatable bonds is 7.